The zero-order chi connectivity index (χ0) is 14.9. The van der Waals surface area contributed by atoms with Crippen molar-refractivity contribution in [2.75, 3.05) is 5.73 Å². The van der Waals surface area contributed by atoms with E-state index in [1.165, 1.54) is 12.1 Å². The van der Waals surface area contributed by atoms with Gasteiger partial charge in [0, 0.05) is 16.9 Å². The van der Waals surface area contributed by atoms with Crippen LogP contribution in [-0.4, -0.2) is 12.3 Å². The van der Waals surface area contributed by atoms with Crippen LogP contribution >= 0.6 is 11.3 Å². The summed E-state index contributed by atoms with van der Waals surface area (Å²) in [4.78, 5) is 11.6. The van der Waals surface area contributed by atoms with Crippen molar-refractivity contribution in [2.45, 2.75) is 19.2 Å². The number of anilines is 1. The lowest BCUT2D eigenvalue weighted by molar-refractivity contribution is -0.306. The highest BCUT2D eigenvalue weighted by molar-refractivity contribution is 7.17. The Morgan fingerprint density at radius 3 is 2.65 bits per heavy atom. The van der Waals surface area contributed by atoms with Crippen LogP contribution < -0.4 is 11.5 Å². The molecule has 0 atom stereocenters. The number of carbonyl (C=O) groups excluding carboxylic acids is 1. The topological polar surface area (TPSA) is 78.3 Å². The summed E-state index contributed by atoms with van der Waals surface area (Å²) in [6, 6.07) is 1.38. The fourth-order valence-corrected chi connectivity index (χ4v) is 2.81. The van der Waals surface area contributed by atoms with E-state index in [0.717, 1.165) is 11.3 Å². The van der Waals surface area contributed by atoms with E-state index < -0.39 is 12.3 Å². The van der Waals surface area contributed by atoms with Gasteiger partial charge in [0.2, 0.25) is 0 Å². The second kappa shape index (κ2) is 5.20. The standard InChI is InChI=1S/C12H11F3N2O2S/c13-12(14,15)19-8-4-2-1-3-6(8)9-5-7(10(16)18)11(17)20-9/h1,3,5H,2,4,17H2,(H2,16,18). The number of halogens is 3. The number of nitrogens with two attached hydrogens (primary N) is 2. The summed E-state index contributed by atoms with van der Waals surface area (Å²) < 4.78 is 41.1. The van der Waals surface area contributed by atoms with E-state index in [1.54, 1.807) is 6.08 Å². The van der Waals surface area contributed by atoms with Gasteiger partial charge < -0.3 is 16.2 Å². The molecule has 8 heteroatoms. The van der Waals surface area contributed by atoms with Crippen molar-refractivity contribution >= 4 is 27.8 Å². The maximum absolute atomic E-state index is 12.4. The maximum Gasteiger partial charge on any atom is 0.572 e. The molecule has 0 bridgehead atoms. The molecule has 1 aromatic heterocycles. The minimum absolute atomic E-state index is 0.0998. The fraction of sp³-hybridized carbons (Fsp3) is 0.250. The molecule has 20 heavy (non-hydrogen) atoms. The van der Waals surface area contributed by atoms with Crippen molar-refractivity contribution < 1.29 is 22.7 Å². The number of alkyl halides is 3. The molecule has 0 fully saturated rings. The molecule has 1 aliphatic rings. The normalized spacial score (nSPS) is 15.6. The molecule has 4 N–H and O–H groups in total. The number of nitrogen functional groups attached to an aromatic ring is 1. The molecular weight excluding hydrogens is 293 g/mol. The zero-order valence-electron chi connectivity index (χ0n) is 10.2. The van der Waals surface area contributed by atoms with Crippen LogP contribution in [0, 0.1) is 0 Å². The average molecular weight is 304 g/mol. The van der Waals surface area contributed by atoms with Crippen molar-refractivity contribution in [1.82, 2.24) is 0 Å². The second-order valence-corrected chi connectivity index (χ2v) is 5.16. The van der Waals surface area contributed by atoms with E-state index >= 15 is 0 Å². The van der Waals surface area contributed by atoms with E-state index in [0.29, 0.717) is 11.3 Å². The predicted molar refractivity (Wildman–Crippen MR) is 69.7 cm³/mol. The largest absolute Gasteiger partial charge is 0.572 e. The minimum atomic E-state index is -4.75. The fourth-order valence-electron chi connectivity index (χ4n) is 1.84. The van der Waals surface area contributed by atoms with Crippen LogP contribution in [-0.2, 0) is 4.74 Å². The lowest BCUT2D eigenvalue weighted by atomic mass is 10.0. The Labute approximate surface area is 116 Å². The van der Waals surface area contributed by atoms with Gasteiger partial charge in [0.25, 0.3) is 5.91 Å². The number of hydrogen-bond acceptors (Lipinski definition) is 4. The number of rotatable bonds is 3. The molecule has 1 amide bonds. The van der Waals surface area contributed by atoms with E-state index in [4.69, 9.17) is 11.5 Å². The summed E-state index contributed by atoms with van der Waals surface area (Å²) in [5.41, 5.74) is 11.1. The Bertz CT molecular complexity index is 602. The van der Waals surface area contributed by atoms with Gasteiger partial charge in [-0.25, -0.2) is 0 Å². The zero-order valence-corrected chi connectivity index (χ0v) is 11.0. The number of ether oxygens (including phenoxy) is 1. The summed E-state index contributed by atoms with van der Waals surface area (Å²) in [7, 11) is 0. The molecule has 0 saturated carbocycles. The molecular formula is C12H11F3N2O2S. The Morgan fingerprint density at radius 1 is 1.40 bits per heavy atom. The summed E-state index contributed by atoms with van der Waals surface area (Å²) in [6.45, 7) is 0. The molecule has 1 heterocycles. The van der Waals surface area contributed by atoms with Crippen molar-refractivity contribution in [2.24, 2.45) is 5.73 Å². The monoisotopic (exact) mass is 304 g/mol. The van der Waals surface area contributed by atoms with Crippen molar-refractivity contribution in [3.63, 3.8) is 0 Å². The first-order valence-corrected chi connectivity index (χ1v) is 6.44. The molecule has 0 aromatic carbocycles. The maximum atomic E-state index is 12.4. The predicted octanol–water partition coefficient (Wildman–Crippen LogP) is 3.03. The van der Waals surface area contributed by atoms with Crippen LogP contribution in [0.15, 0.2) is 24.0 Å². The van der Waals surface area contributed by atoms with Gasteiger partial charge in [-0.2, -0.15) is 0 Å². The third-order valence-corrected chi connectivity index (χ3v) is 3.65. The quantitative estimate of drug-likeness (QED) is 0.901. The third kappa shape index (κ3) is 3.13. The van der Waals surface area contributed by atoms with Crippen LogP contribution in [0.1, 0.15) is 28.1 Å². The van der Waals surface area contributed by atoms with Crippen molar-refractivity contribution in [1.29, 1.82) is 0 Å². The van der Waals surface area contributed by atoms with Crippen LogP contribution in [0.2, 0.25) is 0 Å². The first kappa shape index (κ1) is 14.4. The highest BCUT2D eigenvalue weighted by Gasteiger charge is 2.33. The summed E-state index contributed by atoms with van der Waals surface area (Å²) >= 11 is 0.999. The van der Waals surface area contributed by atoms with E-state index in [-0.39, 0.29) is 28.3 Å². The minimum Gasteiger partial charge on any atom is -0.410 e. The molecule has 108 valence electrons. The average Bonchev–Trinajstić information content (AvgIpc) is 2.70. The number of amides is 1. The third-order valence-electron chi connectivity index (χ3n) is 2.65. The van der Waals surface area contributed by atoms with Gasteiger partial charge in [-0.05, 0) is 12.5 Å². The van der Waals surface area contributed by atoms with E-state index in [9.17, 15) is 18.0 Å². The number of allylic oxidation sites excluding steroid dienone is 4. The van der Waals surface area contributed by atoms with Gasteiger partial charge in [0.05, 0.1) is 10.6 Å². The lowest BCUT2D eigenvalue weighted by Gasteiger charge is -2.17. The highest BCUT2D eigenvalue weighted by atomic mass is 32.1. The first-order valence-electron chi connectivity index (χ1n) is 5.63. The molecule has 0 radical (unpaired) electrons. The SMILES string of the molecule is NC(=O)c1cc(C2=C(OC(F)(F)F)CCC=C2)sc1N. The van der Waals surface area contributed by atoms with Crippen LogP contribution in [0.3, 0.4) is 0 Å². The van der Waals surface area contributed by atoms with Crippen molar-refractivity contribution in [3.8, 4) is 0 Å². The molecule has 4 nitrogen and oxygen atoms in total. The Balaban J connectivity index is 2.44. The highest BCUT2D eigenvalue weighted by Crippen LogP contribution is 2.38. The van der Waals surface area contributed by atoms with E-state index in [2.05, 4.69) is 4.74 Å². The second-order valence-electron chi connectivity index (χ2n) is 4.08. The van der Waals surface area contributed by atoms with Crippen LogP contribution in [0.25, 0.3) is 5.57 Å². The summed E-state index contributed by atoms with van der Waals surface area (Å²) in [6.07, 6.45) is -0.895. The molecule has 0 unspecified atom stereocenters. The van der Waals surface area contributed by atoms with Gasteiger partial charge >= 0.3 is 6.36 Å². The number of primary amides is 1. The van der Waals surface area contributed by atoms with Crippen LogP contribution in [0.4, 0.5) is 18.2 Å². The smallest absolute Gasteiger partial charge is 0.410 e. The van der Waals surface area contributed by atoms with Crippen LogP contribution in [0.5, 0.6) is 0 Å². The van der Waals surface area contributed by atoms with Gasteiger partial charge in [-0.1, -0.05) is 12.2 Å². The van der Waals surface area contributed by atoms with Gasteiger partial charge in [-0.15, -0.1) is 24.5 Å². The molecule has 0 spiro atoms. The number of hydrogen-bond donors (Lipinski definition) is 2. The van der Waals surface area contributed by atoms with Gasteiger partial charge in [-0.3, -0.25) is 4.79 Å². The molecule has 1 aliphatic carbocycles. The summed E-state index contributed by atoms with van der Waals surface area (Å²) in [5, 5.41) is 0.172. The van der Waals surface area contributed by atoms with Crippen molar-refractivity contribution in [3.05, 3.63) is 34.4 Å². The Morgan fingerprint density at radius 2 is 2.10 bits per heavy atom. The number of carbonyl (C=O) groups is 1. The number of thiophene rings is 1. The first-order chi connectivity index (χ1) is 9.28. The van der Waals surface area contributed by atoms with Gasteiger partial charge in [0.1, 0.15) is 5.76 Å². The molecule has 2 rings (SSSR count). The molecule has 0 aliphatic heterocycles. The molecule has 1 aromatic rings. The lowest BCUT2D eigenvalue weighted by Crippen LogP contribution is -2.14. The molecule has 0 saturated heterocycles. The Kier molecular flexibility index (Phi) is 3.76. The summed E-state index contributed by atoms with van der Waals surface area (Å²) in [5.74, 6) is -0.902. The van der Waals surface area contributed by atoms with Gasteiger partial charge in [0.15, 0.2) is 0 Å². The van der Waals surface area contributed by atoms with E-state index in [1.807, 2.05) is 0 Å². The Hall–Kier alpha value is -1.96.